The monoisotopic (exact) mass is 317 g/mol. The highest BCUT2D eigenvalue weighted by atomic mass is 16.5. The molecule has 0 bridgehead atoms. The Labute approximate surface area is 134 Å². The highest BCUT2D eigenvalue weighted by Gasteiger charge is 2.16. The van der Waals surface area contributed by atoms with Crippen LogP contribution in [0.25, 0.3) is 0 Å². The minimum atomic E-state index is -1.04. The Morgan fingerprint density at radius 3 is 2.26 bits per heavy atom. The molecule has 0 atom stereocenters. The number of hydrogen-bond acceptors (Lipinski definition) is 6. The van der Waals surface area contributed by atoms with Crippen molar-refractivity contribution < 1.29 is 19.4 Å². The summed E-state index contributed by atoms with van der Waals surface area (Å²) in [4.78, 5) is 19.6. The topological polar surface area (TPSA) is 93.6 Å². The highest BCUT2D eigenvalue weighted by molar-refractivity contribution is 5.88. The number of carbonyl (C=O) groups is 1. The second-order valence-electron chi connectivity index (χ2n) is 5.18. The zero-order chi connectivity index (χ0) is 17.0. The Hall–Kier alpha value is -2.83. The molecule has 0 saturated carbocycles. The third-order valence-corrected chi connectivity index (χ3v) is 3.20. The molecule has 0 unspecified atom stereocenters. The number of carboxylic acids is 1. The minimum absolute atomic E-state index is 0.0375. The van der Waals surface area contributed by atoms with Gasteiger partial charge in [-0.25, -0.2) is 14.8 Å². The fraction of sp³-hybridized carbons (Fsp3) is 0.312. The summed E-state index contributed by atoms with van der Waals surface area (Å²) in [5.41, 5.74) is 1.26. The van der Waals surface area contributed by atoms with E-state index in [0.29, 0.717) is 28.8 Å². The zero-order valence-corrected chi connectivity index (χ0v) is 13.5. The lowest BCUT2D eigenvalue weighted by molar-refractivity contribution is 0.0694. The molecular weight excluding hydrogens is 298 g/mol. The van der Waals surface area contributed by atoms with E-state index in [2.05, 4.69) is 15.3 Å². The first-order valence-corrected chi connectivity index (χ1v) is 7.05. The van der Waals surface area contributed by atoms with Crippen LogP contribution in [0.1, 0.15) is 35.8 Å². The molecule has 122 valence electrons. The molecule has 2 rings (SSSR count). The molecule has 0 amide bonds. The van der Waals surface area contributed by atoms with E-state index in [9.17, 15) is 9.90 Å². The molecule has 2 N–H and O–H groups in total. The number of aromatic carboxylic acids is 1. The molecule has 0 aliphatic heterocycles. The molecule has 7 nitrogen and oxygen atoms in total. The van der Waals surface area contributed by atoms with Crippen LogP contribution >= 0.6 is 0 Å². The molecule has 0 fully saturated rings. The number of hydrogen-bond donors (Lipinski definition) is 2. The van der Waals surface area contributed by atoms with Crippen LogP contribution in [0.3, 0.4) is 0 Å². The molecular formula is C16H19N3O4. The van der Waals surface area contributed by atoms with E-state index < -0.39 is 5.97 Å². The van der Waals surface area contributed by atoms with Gasteiger partial charge in [-0.15, -0.1) is 0 Å². The number of nitrogens with zero attached hydrogens (tertiary/aromatic N) is 2. The summed E-state index contributed by atoms with van der Waals surface area (Å²) in [6.45, 7) is 3.76. The summed E-state index contributed by atoms with van der Waals surface area (Å²) >= 11 is 0. The number of carboxylic acid groups (broad SMARTS) is 1. The van der Waals surface area contributed by atoms with Crippen LogP contribution in [0.5, 0.6) is 11.5 Å². The third kappa shape index (κ3) is 3.88. The van der Waals surface area contributed by atoms with Crippen LogP contribution in [0.15, 0.2) is 24.4 Å². The van der Waals surface area contributed by atoms with E-state index in [-0.39, 0.29) is 11.5 Å². The van der Waals surface area contributed by atoms with Crippen molar-refractivity contribution in [1.29, 1.82) is 0 Å². The number of aromatic nitrogens is 2. The van der Waals surface area contributed by atoms with Gasteiger partial charge in [-0.05, 0) is 5.92 Å². The summed E-state index contributed by atoms with van der Waals surface area (Å²) in [7, 11) is 3.13. The lowest BCUT2D eigenvalue weighted by Gasteiger charge is -2.12. The van der Waals surface area contributed by atoms with Crippen LogP contribution in [-0.4, -0.2) is 35.3 Å². The number of anilines is 2. The van der Waals surface area contributed by atoms with Crippen molar-refractivity contribution in [2.24, 2.45) is 0 Å². The van der Waals surface area contributed by atoms with Crippen molar-refractivity contribution in [2.75, 3.05) is 19.5 Å². The van der Waals surface area contributed by atoms with E-state index in [1.165, 1.54) is 6.20 Å². The van der Waals surface area contributed by atoms with Crippen LogP contribution < -0.4 is 14.8 Å². The summed E-state index contributed by atoms with van der Waals surface area (Å²) < 4.78 is 10.4. The molecule has 0 radical (unpaired) electrons. The van der Waals surface area contributed by atoms with Gasteiger partial charge in [0.15, 0.2) is 0 Å². The smallest absolute Gasteiger partial charge is 0.339 e. The van der Waals surface area contributed by atoms with Crippen molar-refractivity contribution in [2.45, 2.75) is 19.8 Å². The van der Waals surface area contributed by atoms with Crippen LogP contribution in [0.4, 0.5) is 11.6 Å². The fourth-order valence-electron chi connectivity index (χ4n) is 2.07. The first kappa shape index (κ1) is 16.5. The molecule has 23 heavy (non-hydrogen) atoms. The number of ether oxygens (including phenoxy) is 2. The van der Waals surface area contributed by atoms with Crippen LogP contribution in [0, 0.1) is 0 Å². The number of benzene rings is 1. The second kappa shape index (κ2) is 6.95. The number of nitrogens with one attached hydrogen (secondary N) is 1. The SMILES string of the molecule is COc1cc(Nc2ncc(C(=O)O)c(C(C)C)n2)cc(OC)c1. The van der Waals surface area contributed by atoms with E-state index >= 15 is 0 Å². The Balaban J connectivity index is 2.37. The van der Waals surface area contributed by atoms with Gasteiger partial charge in [0.2, 0.25) is 5.95 Å². The van der Waals surface area contributed by atoms with Gasteiger partial charge in [0, 0.05) is 30.1 Å². The normalized spacial score (nSPS) is 10.5. The van der Waals surface area contributed by atoms with Crippen LogP contribution in [0.2, 0.25) is 0 Å². The van der Waals surface area contributed by atoms with E-state index in [1.807, 2.05) is 13.8 Å². The Kier molecular flexibility index (Phi) is 5.00. The first-order valence-electron chi connectivity index (χ1n) is 7.05. The predicted octanol–water partition coefficient (Wildman–Crippen LogP) is 3.06. The second-order valence-corrected chi connectivity index (χ2v) is 5.18. The maximum absolute atomic E-state index is 11.2. The fourth-order valence-corrected chi connectivity index (χ4v) is 2.07. The van der Waals surface area contributed by atoms with Crippen molar-refractivity contribution in [3.05, 3.63) is 35.7 Å². The highest BCUT2D eigenvalue weighted by Crippen LogP contribution is 2.27. The van der Waals surface area contributed by atoms with Gasteiger partial charge in [0.1, 0.15) is 11.5 Å². The standard InChI is InChI=1S/C16H19N3O4/c1-9(2)14-13(15(20)21)8-17-16(19-14)18-10-5-11(22-3)7-12(6-10)23-4/h5-9H,1-4H3,(H,20,21)(H,17,18,19). The molecule has 7 heteroatoms. The van der Waals surface area contributed by atoms with Gasteiger partial charge in [-0.3, -0.25) is 0 Å². The predicted molar refractivity (Wildman–Crippen MR) is 85.9 cm³/mol. The molecule has 1 aromatic heterocycles. The summed E-state index contributed by atoms with van der Waals surface area (Å²) in [5.74, 6) is 0.484. The van der Waals surface area contributed by atoms with Gasteiger partial charge >= 0.3 is 5.97 Å². The minimum Gasteiger partial charge on any atom is -0.497 e. The van der Waals surface area contributed by atoms with Gasteiger partial charge < -0.3 is 19.9 Å². The van der Waals surface area contributed by atoms with Gasteiger partial charge in [0.05, 0.1) is 25.5 Å². The van der Waals surface area contributed by atoms with Gasteiger partial charge in [-0.2, -0.15) is 0 Å². The zero-order valence-electron chi connectivity index (χ0n) is 13.5. The lowest BCUT2D eigenvalue weighted by Crippen LogP contribution is -2.10. The molecule has 0 saturated heterocycles. The lowest BCUT2D eigenvalue weighted by atomic mass is 10.1. The largest absolute Gasteiger partial charge is 0.497 e. The van der Waals surface area contributed by atoms with Crippen molar-refractivity contribution in [3.63, 3.8) is 0 Å². The summed E-state index contributed by atoms with van der Waals surface area (Å²) in [6.07, 6.45) is 1.31. The maximum Gasteiger partial charge on any atom is 0.339 e. The Bertz CT molecular complexity index is 694. The maximum atomic E-state index is 11.2. The van der Waals surface area contributed by atoms with Crippen molar-refractivity contribution in [1.82, 2.24) is 9.97 Å². The molecule has 1 aromatic carbocycles. The quantitative estimate of drug-likeness (QED) is 0.845. The Morgan fingerprint density at radius 1 is 1.17 bits per heavy atom. The molecule has 2 aromatic rings. The first-order chi connectivity index (χ1) is 10.9. The molecule has 0 spiro atoms. The van der Waals surface area contributed by atoms with Crippen molar-refractivity contribution in [3.8, 4) is 11.5 Å². The average Bonchev–Trinajstić information content (AvgIpc) is 2.54. The molecule has 0 aliphatic rings. The third-order valence-electron chi connectivity index (χ3n) is 3.20. The van der Waals surface area contributed by atoms with E-state index in [4.69, 9.17) is 9.47 Å². The van der Waals surface area contributed by atoms with Gasteiger partial charge in [-0.1, -0.05) is 13.8 Å². The van der Waals surface area contributed by atoms with E-state index in [0.717, 1.165) is 0 Å². The Morgan fingerprint density at radius 2 is 1.78 bits per heavy atom. The molecule has 1 heterocycles. The average molecular weight is 317 g/mol. The van der Waals surface area contributed by atoms with Gasteiger partial charge in [0.25, 0.3) is 0 Å². The summed E-state index contributed by atoms with van der Waals surface area (Å²) in [5, 5.41) is 12.2. The van der Waals surface area contributed by atoms with Crippen molar-refractivity contribution >= 4 is 17.6 Å². The van der Waals surface area contributed by atoms with E-state index in [1.54, 1.807) is 32.4 Å². The summed E-state index contributed by atoms with van der Waals surface area (Å²) in [6, 6.07) is 5.29. The van der Waals surface area contributed by atoms with Crippen LogP contribution in [-0.2, 0) is 0 Å². The number of methoxy groups -OCH3 is 2. The molecule has 0 aliphatic carbocycles. The number of rotatable bonds is 6.